The third-order valence-corrected chi connectivity index (χ3v) is 5.33. The van der Waals surface area contributed by atoms with Crippen LogP contribution in [0.4, 0.5) is 5.13 Å². The molecule has 7 nitrogen and oxygen atoms in total. The number of nitrogens with zero attached hydrogens (tertiary/aromatic N) is 4. The summed E-state index contributed by atoms with van der Waals surface area (Å²) in [5.41, 5.74) is 1.07. The molecule has 0 spiro atoms. The average molecular weight is 359 g/mol. The summed E-state index contributed by atoms with van der Waals surface area (Å²) in [5.74, 6) is -0.226. The van der Waals surface area contributed by atoms with Crippen molar-refractivity contribution in [3.05, 3.63) is 35.1 Å². The smallest absolute Gasteiger partial charge is 0.229 e. The number of amides is 2. The molecular weight excluding hydrogens is 338 g/mol. The molecule has 0 aliphatic carbocycles. The number of rotatable bonds is 6. The second-order valence-corrected chi connectivity index (χ2v) is 7.37. The Hall–Kier alpha value is -2.35. The minimum atomic E-state index is -0.340. The van der Waals surface area contributed by atoms with E-state index >= 15 is 0 Å². The summed E-state index contributed by atoms with van der Waals surface area (Å²) in [6.07, 6.45) is 4.45. The fraction of sp³-hybridized carbons (Fsp3) is 0.471. The van der Waals surface area contributed by atoms with Crippen molar-refractivity contribution >= 4 is 28.3 Å². The predicted octanol–water partition coefficient (Wildman–Crippen LogP) is 1.77. The molecular formula is C17H21N5O2S. The molecule has 1 fully saturated rings. The molecule has 132 valence electrons. The van der Waals surface area contributed by atoms with Gasteiger partial charge in [-0.25, -0.2) is 0 Å². The van der Waals surface area contributed by atoms with Crippen molar-refractivity contribution in [2.24, 2.45) is 5.92 Å². The largest absolute Gasteiger partial charge is 0.355 e. The van der Waals surface area contributed by atoms with E-state index in [4.69, 9.17) is 0 Å². The second kappa shape index (κ2) is 7.69. The zero-order valence-electron chi connectivity index (χ0n) is 14.3. The van der Waals surface area contributed by atoms with Gasteiger partial charge in [0.25, 0.3) is 0 Å². The van der Waals surface area contributed by atoms with Crippen LogP contribution in [-0.4, -0.2) is 40.1 Å². The molecule has 1 unspecified atom stereocenters. The molecule has 0 radical (unpaired) electrons. The van der Waals surface area contributed by atoms with Gasteiger partial charge in [-0.3, -0.25) is 19.5 Å². The van der Waals surface area contributed by atoms with Gasteiger partial charge in [0.2, 0.25) is 16.9 Å². The van der Waals surface area contributed by atoms with E-state index in [-0.39, 0.29) is 30.1 Å². The first kappa shape index (κ1) is 17.5. The normalized spacial score (nSPS) is 17.3. The number of anilines is 1. The maximum Gasteiger partial charge on any atom is 0.229 e. The fourth-order valence-corrected chi connectivity index (χ4v) is 3.53. The minimum Gasteiger partial charge on any atom is -0.355 e. The Kier molecular flexibility index (Phi) is 5.37. The summed E-state index contributed by atoms with van der Waals surface area (Å²) in [7, 11) is 0. The van der Waals surface area contributed by atoms with Crippen molar-refractivity contribution in [2.45, 2.75) is 32.6 Å². The van der Waals surface area contributed by atoms with Crippen molar-refractivity contribution in [2.75, 3.05) is 18.0 Å². The number of nitrogens with one attached hydrogen (secondary N) is 1. The molecule has 25 heavy (non-hydrogen) atoms. The molecule has 0 bridgehead atoms. The fourth-order valence-electron chi connectivity index (χ4n) is 2.66. The lowest BCUT2D eigenvalue weighted by molar-refractivity contribution is -0.126. The van der Waals surface area contributed by atoms with Crippen molar-refractivity contribution in [3.63, 3.8) is 0 Å². The van der Waals surface area contributed by atoms with Crippen LogP contribution in [0.1, 0.15) is 36.8 Å². The van der Waals surface area contributed by atoms with Crippen LogP contribution in [0.5, 0.6) is 0 Å². The molecule has 1 aliphatic heterocycles. The van der Waals surface area contributed by atoms with Crippen LogP contribution in [-0.2, 0) is 16.0 Å². The molecule has 2 aromatic heterocycles. The van der Waals surface area contributed by atoms with Crippen molar-refractivity contribution in [1.82, 2.24) is 20.5 Å². The Morgan fingerprint density at radius 1 is 1.44 bits per heavy atom. The van der Waals surface area contributed by atoms with Gasteiger partial charge in [-0.2, -0.15) is 0 Å². The lowest BCUT2D eigenvalue weighted by atomic mass is 10.1. The first-order valence-electron chi connectivity index (χ1n) is 8.35. The SMILES string of the molecule is CC(C)c1nnc(N2CC(C(=O)NCCc3cccnc3)CC2=O)s1. The number of hydrogen-bond donors (Lipinski definition) is 1. The maximum atomic E-state index is 12.3. The zero-order chi connectivity index (χ0) is 17.8. The Morgan fingerprint density at radius 2 is 2.28 bits per heavy atom. The highest BCUT2D eigenvalue weighted by molar-refractivity contribution is 7.15. The lowest BCUT2D eigenvalue weighted by Gasteiger charge is -2.12. The predicted molar refractivity (Wildman–Crippen MR) is 95.4 cm³/mol. The third-order valence-electron chi connectivity index (χ3n) is 4.09. The molecule has 3 heterocycles. The van der Waals surface area contributed by atoms with Crippen LogP contribution in [0.3, 0.4) is 0 Å². The van der Waals surface area contributed by atoms with E-state index in [0.29, 0.717) is 18.2 Å². The van der Waals surface area contributed by atoms with E-state index in [9.17, 15) is 9.59 Å². The topological polar surface area (TPSA) is 88.1 Å². The lowest BCUT2D eigenvalue weighted by Crippen LogP contribution is -2.34. The number of carbonyl (C=O) groups excluding carboxylic acids is 2. The van der Waals surface area contributed by atoms with Crippen LogP contribution < -0.4 is 10.2 Å². The Morgan fingerprint density at radius 3 is 2.96 bits per heavy atom. The Bertz CT molecular complexity index is 747. The molecule has 8 heteroatoms. The first-order chi connectivity index (χ1) is 12.0. The average Bonchev–Trinajstić information content (AvgIpc) is 3.22. The summed E-state index contributed by atoms with van der Waals surface area (Å²) >= 11 is 1.42. The minimum absolute atomic E-state index is 0.0705. The molecule has 1 saturated heterocycles. The zero-order valence-corrected chi connectivity index (χ0v) is 15.1. The van der Waals surface area contributed by atoms with E-state index in [1.165, 1.54) is 11.3 Å². The molecule has 1 N–H and O–H groups in total. The summed E-state index contributed by atoms with van der Waals surface area (Å²) in [6, 6.07) is 3.85. The molecule has 3 rings (SSSR count). The van der Waals surface area contributed by atoms with Gasteiger partial charge < -0.3 is 5.32 Å². The van der Waals surface area contributed by atoms with Crippen LogP contribution in [0, 0.1) is 5.92 Å². The van der Waals surface area contributed by atoms with E-state index in [0.717, 1.165) is 17.0 Å². The van der Waals surface area contributed by atoms with Crippen LogP contribution in [0.25, 0.3) is 0 Å². The highest BCUT2D eigenvalue weighted by Gasteiger charge is 2.36. The summed E-state index contributed by atoms with van der Waals surface area (Å²) in [6.45, 7) is 4.97. The van der Waals surface area contributed by atoms with E-state index in [1.54, 1.807) is 17.3 Å². The van der Waals surface area contributed by atoms with Crippen molar-refractivity contribution in [1.29, 1.82) is 0 Å². The number of hydrogen-bond acceptors (Lipinski definition) is 6. The van der Waals surface area contributed by atoms with Gasteiger partial charge in [0, 0.05) is 37.8 Å². The summed E-state index contributed by atoms with van der Waals surface area (Å²) in [4.78, 5) is 30.2. The van der Waals surface area contributed by atoms with Gasteiger partial charge in [0.15, 0.2) is 0 Å². The molecule has 2 amide bonds. The first-order valence-corrected chi connectivity index (χ1v) is 9.16. The van der Waals surface area contributed by atoms with Crippen molar-refractivity contribution in [3.8, 4) is 0 Å². The molecule has 0 saturated carbocycles. The van der Waals surface area contributed by atoms with Gasteiger partial charge in [-0.05, 0) is 18.1 Å². The van der Waals surface area contributed by atoms with Gasteiger partial charge in [0.05, 0.1) is 5.92 Å². The van der Waals surface area contributed by atoms with Crippen molar-refractivity contribution < 1.29 is 9.59 Å². The number of pyridine rings is 1. The quantitative estimate of drug-likeness (QED) is 0.849. The second-order valence-electron chi connectivity index (χ2n) is 6.39. The number of carbonyl (C=O) groups is 2. The van der Waals surface area contributed by atoms with E-state index in [1.807, 2.05) is 26.0 Å². The summed E-state index contributed by atoms with van der Waals surface area (Å²) < 4.78 is 0. The van der Waals surface area contributed by atoms with Crippen LogP contribution in [0.15, 0.2) is 24.5 Å². The maximum absolute atomic E-state index is 12.3. The van der Waals surface area contributed by atoms with Crippen LogP contribution in [0.2, 0.25) is 0 Å². The monoisotopic (exact) mass is 359 g/mol. The van der Waals surface area contributed by atoms with Gasteiger partial charge in [-0.15, -0.1) is 10.2 Å². The molecule has 0 aromatic carbocycles. The molecule has 1 atom stereocenters. The van der Waals surface area contributed by atoms with E-state index < -0.39 is 0 Å². The standard InChI is InChI=1S/C17H21N5O2S/c1-11(2)16-20-21-17(25-16)22-10-13(8-14(22)23)15(24)19-7-5-12-4-3-6-18-9-12/h3-4,6,9,11,13H,5,7-8,10H2,1-2H3,(H,19,24). The van der Waals surface area contributed by atoms with Gasteiger partial charge >= 0.3 is 0 Å². The Labute approximate surface area is 150 Å². The molecule has 2 aromatic rings. The molecule has 1 aliphatic rings. The van der Waals surface area contributed by atoms with Gasteiger partial charge in [-0.1, -0.05) is 31.3 Å². The summed E-state index contributed by atoms with van der Waals surface area (Å²) in [5, 5.41) is 12.6. The third kappa shape index (κ3) is 4.19. The van der Waals surface area contributed by atoms with Crippen LogP contribution >= 0.6 is 11.3 Å². The highest BCUT2D eigenvalue weighted by atomic mass is 32.1. The number of aromatic nitrogens is 3. The highest BCUT2D eigenvalue weighted by Crippen LogP contribution is 2.30. The van der Waals surface area contributed by atoms with E-state index in [2.05, 4.69) is 20.5 Å². The van der Waals surface area contributed by atoms with Gasteiger partial charge in [0.1, 0.15) is 5.01 Å². The Balaban J connectivity index is 1.53.